The Morgan fingerprint density at radius 1 is 1.39 bits per heavy atom. The molecule has 18 heavy (non-hydrogen) atoms. The molecule has 0 aromatic carbocycles. The van der Waals surface area contributed by atoms with Crippen molar-refractivity contribution in [3.05, 3.63) is 0 Å². The van der Waals surface area contributed by atoms with E-state index in [0.717, 1.165) is 24.8 Å². The van der Waals surface area contributed by atoms with E-state index in [4.69, 9.17) is 5.73 Å². The van der Waals surface area contributed by atoms with Crippen LogP contribution in [0.5, 0.6) is 0 Å². The molecule has 0 aromatic rings. The predicted molar refractivity (Wildman–Crippen MR) is 77.7 cm³/mol. The third-order valence-electron chi connectivity index (χ3n) is 5.17. The van der Waals surface area contributed by atoms with Crippen LogP contribution in [0.2, 0.25) is 0 Å². The standard InChI is InChI=1S/C15H29N3/c1-4-12(3)18-14(16)17-11-15(18)9-6-7-13(5-2)8-10-15/h12-13H,4-11H2,1-3H3,(H2,16,17). The highest BCUT2D eigenvalue weighted by molar-refractivity contribution is 5.81. The van der Waals surface area contributed by atoms with Gasteiger partial charge in [-0.3, -0.25) is 4.99 Å². The zero-order valence-corrected chi connectivity index (χ0v) is 12.3. The number of rotatable bonds is 3. The van der Waals surface area contributed by atoms with Crippen molar-refractivity contribution in [2.45, 2.75) is 77.3 Å². The van der Waals surface area contributed by atoms with Gasteiger partial charge < -0.3 is 10.6 Å². The topological polar surface area (TPSA) is 41.6 Å². The summed E-state index contributed by atoms with van der Waals surface area (Å²) < 4.78 is 0. The summed E-state index contributed by atoms with van der Waals surface area (Å²) in [4.78, 5) is 7.03. The quantitative estimate of drug-likeness (QED) is 0.837. The lowest BCUT2D eigenvalue weighted by Crippen LogP contribution is -2.55. The molecule has 0 saturated heterocycles. The monoisotopic (exact) mass is 251 g/mol. The number of hydrogen-bond donors (Lipinski definition) is 1. The first-order chi connectivity index (χ1) is 8.63. The second-order valence-electron chi connectivity index (χ2n) is 6.23. The van der Waals surface area contributed by atoms with Crippen LogP contribution in [0.4, 0.5) is 0 Å². The maximum absolute atomic E-state index is 6.16. The first-order valence-corrected chi connectivity index (χ1v) is 7.72. The molecule has 0 amide bonds. The van der Waals surface area contributed by atoms with Crippen molar-refractivity contribution in [1.82, 2.24) is 4.90 Å². The highest BCUT2D eigenvalue weighted by Gasteiger charge is 2.44. The Labute approximate surface area is 112 Å². The minimum absolute atomic E-state index is 0.253. The first-order valence-electron chi connectivity index (χ1n) is 7.72. The van der Waals surface area contributed by atoms with Crippen molar-refractivity contribution in [2.75, 3.05) is 6.54 Å². The van der Waals surface area contributed by atoms with Gasteiger partial charge in [0.25, 0.3) is 0 Å². The van der Waals surface area contributed by atoms with Gasteiger partial charge in [0.2, 0.25) is 0 Å². The molecule has 104 valence electrons. The van der Waals surface area contributed by atoms with Crippen LogP contribution in [-0.4, -0.2) is 29.0 Å². The Hall–Kier alpha value is -0.730. The minimum atomic E-state index is 0.253. The van der Waals surface area contributed by atoms with Crippen molar-refractivity contribution in [2.24, 2.45) is 16.6 Å². The lowest BCUT2D eigenvalue weighted by atomic mass is 9.87. The van der Waals surface area contributed by atoms with Crippen LogP contribution in [-0.2, 0) is 0 Å². The molecule has 1 fully saturated rings. The van der Waals surface area contributed by atoms with E-state index in [9.17, 15) is 0 Å². The zero-order chi connectivity index (χ0) is 13.2. The average Bonchev–Trinajstić information content (AvgIpc) is 2.58. The summed E-state index contributed by atoms with van der Waals surface area (Å²) in [5.41, 5.74) is 6.41. The lowest BCUT2D eigenvalue weighted by Gasteiger charge is -2.42. The van der Waals surface area contributed by atoms with Gasteiger partial charge in [0, 0.05) is 6.04 Å². The van der Waals surface area contributed by atoms with Crippen LogP contribution >= 0.6 is 0 Å². The lowest BCUT2D eigenvalue weighted by molar-refractivity contribution is 0.132. The highest BCUT2D eigenvalue weighted by Crippen LogP contribution is 2.39. The van der Waals surface area contributed by atoms with E-state index in [1.807, 2.05) is 0 Å². The fraction of sp³-hybridized carbons (Fsp3) is 0.933. The predicted octanol–water partition coefficient (Wildman–Crippen LogP) is 3.14. The van der Waals surface area contributed by atoms with E-state index in [-0.39, 0.29) is 5.54 Å². The van der Waals surface area contributed by atoms with Crippen LogP contribution in [0.15, 0.2) is 4.99 Å². The maximum Gasteiger partial charge on any atom is 0.192 e. The molecule has 3 unspecified atom stereocenters. The summed E-state index contributed by atoms with van der Waals surface area (Å²) in [6.45, 7) is 7.79. The molecule has 0 bridgehead atoms. The van der Waals surface area contributed by atoms with Crippen molar-refractivity contribution in [3.63, 3.8) is 0 Å². The third-order valence-corrected chi connectivity index (χ3v) is 5.17. The number of nitrogens with zero attached hydrogens (tertiary/aromatic N) is 2. The van der Waals surface area contributed by atoms with Gasteiger partial charge in [-0.15, -0.1) is 0 Å². The molecule has 1 saturated carbocycles. The molecular weight excluding hydrogens is 222 g/mol. The largest absolute Gasteiger partial charge is 0.370 e. The summed E-state index contributed by atoms with van der Waals surface area (Å²) in [5, 5.41) is 0. The minimum Gasteiger partial charge on any atom is -0.370 e. The second-order valence-corrected chi connectivity index (χ2v) is 6.23. The van der Waals surface area contributed by atoms with Crippen molar-refractivity contribution < 1.29 is 0 Å². The maximum atomic E-state index is 6.16. The van der Waals surface area contributed by atoms with Gasteiger partial charge in [0.1, 0.15) is 0 Å². The smallest absolute Gasteiger partial charge is 0.192 e. The zero-order valence-electron chi connectivity index (χ0n) is 12.3. The molecule has 0 radical (unpaired) electrons. The molecule has 2 aliphatic rings. The van der Waals surface area contributed by atoms with Gasteiger partial charge in [-0.25, -0.2) is 0 Å². The van der Waals surface area contributed by atoms with Crippen LogP contribution in [0, 0.1) is 5.92 Å². The molecule has 3 heteroatoms. The fourth-order valence-electron chi connectivity index (χ4n) is 3.77. The number of hydrogen-bond acceptors (Lipinski definition) is 3. The van der Waals surface area contributed by atoms with Gasteiger partial charge in [-0.1, -0.05) is 33.1 Å². The van der Waals surface area contributed by atoms with Crippen LogP contribution in [0.1, 0.15) is 65.7 Å². The van der Waals surface area contributed by atoms with Gasteiger partial charge in [0.15, 0.2) is 5.96 Å². The molecule has 1 aliphatic heterocycles. The van der Waals surface area contributed by atoms with Crippen LogP contribution in [0.3, 0.4) is 0 Å². The van der Waals surface area contributed by atoms with Gasteiger partial charge in [0.05, 0.1) is 12.1 Å². The Kier molecular flexibility index (Phi) is 4.18. The summed E-state index contributed by atoms with van der Waals surface area (Å²) in [6, 6.07) is 0.523. The summed E-state index contributed by atoms with van der Waals surface area (Å²) in [7, 11) is 0. The Balaban J connectivity index is 2.14. The molecule has 1 aliphatic carbocycles. The number of aliphatic imine (C=N–C) groups is 1. The molecular formula is C15H29N3. The first kappa shape index (κ1) is 13.7. The fourth-order valence-corrected chi connectivity index (χ4v) is 3.77. The van der Waals surface area contributed by atoms with Crippen LogP contribution in [0.25, 0.3) is 0 Å². The van der Waals surface area contributed by atoms with Gasteiger partial charge in [-0.2, -0.15) is 0 Å². The molecule has 2 rings (SSSR count). The van der Waals surface area contributed by atoms with Crippen molar-refractivity contribution in [1.29, 1.82) is 0 Å². The van der Waals surface area contributed by atoms with E-state index in [1.165, 1.54) is 38.5 Å². The van der Waals surface area contributed by atoms with Crippen molar-refractivity contribution in [3.8, 4) is 0 Å². The van der Waals surface area contributed by atoms with E-state index >= 15 is 0 Å². The number of guanidine groups is 1. The van der Waals surface area contributed by atoms with E-state index in [0.29, 0.717) is 6.04 Å². The second kappa shape index (κ2) is 5.50. The van der Waals surface area contributed by atoms with E-state index < -0.39 is 0 Å². The van der Waals surface area contributed by atoms with Gasteiger partial charge in [-0.05, 0) is 38.5 Å². The summed E-state index contributed by atoms with van der Waals surface area (Å²) >= 11 is 0. The Bertz CT molecular complexity index is 313. The molecule has 1 heterocycles. The number of nitrogens with two attached hydrogens (primary N) is 1. The van der Waals surface area contributed by atoms with Gasteiger partial charge >= 0.3 is 0 Å². The molecule has 1 spiro atoms. The van der Waals surface area contributed by atoms with Crippen molar-refractivity contribution >= 4 is 5.96 Å². The molecule has 0 aromatic heterocycles. The summed E-state index contributed by atoms with van der Waals surface area (Å²) in [5.74, 6) is 1.71. The SMILES string of the molecule is CCC1CCCC2(CC1)CN=C(N)N2C(C)CC. The Morgan fingerprint density at radius 3 is 2.83 bits per heavy atom. The van der Waals surface area contributed by atoms with Crippen LogP contribution < -0.4 is 5.73 Å². The van der Waals surface area contributed by atoms with E-state index in [2.05, 4.69) is 30.7 Å². The van der Waals surface area contributed by atoms with E-state index in [1.54, 1.807) is 0 Å². The highest BCUT2D eigenvalue weighted by atomic mass is 15.4. The normalized spacial score (nSPS) is 34.5. The molecule has 3 nitrogen and oxygen atoms in total. The Morgan fingerprint density at radius 2 is 2.17 bits per heavy atom. The molecule has 3 atom stereocenters. The average molecular weight is 251 g/mol. The molecule has 2 N–H and O–H groups in total. The third kappa shape index (κ3) is 2.36. The summed E-state index contributed by atoms with van der Waals surface area (Å²) in [6.07, 6.45) is 9.12.